The third-order valence-electron chi connectivity index (χ3n) is 4.44. The highest BCUT2D eigenvalue weighted by atomic mass is 35.5. The number of fused-ring (bicyclic) bond motifs is 1. The molecular weight excluding hydrogens is 381 g/mol. The molecule has 4 nitrogen and oxygen atoms in total. The molecule has 0 saturated heterocycles. The number of hydrogen-bond acceptors (Lipinski definition) is 4. The first-order valence-corrected chi connectivity index (χ1v) is 9.31. The lowest BCUT2D eigenvalue weighted by Gasteiger charge is -2.11. The zero-order valence-electron chi connectivity index (χ0n) is 15.1. The lowest BCUT2D eigenvalue weighted by molar-refractivity contribution is 0.174. The van der Waals surface area contributed by atoms with Gasteiger partial charge in [0.05, 0.1) is 5.02 Å². The van der Waals surface area contributed by atoms with E-state index in [2.05, 4.69) is 5.32 Å². The summed E-state index contributed by atoms with van der Waals surface area (Å²) in [5, 5.41) is 3.76. The molecule has 3 aromatic carbocycles. The van der Waals surface area contributed by atoms with Crippen molar-refractivity contribution in [1.82, 2.24) is 5.32 Å². The fraction of sp³-hybridized carbons (Fsp3) is 0.182. The number of hydrogen-bond donors (Lipinski definition) is 1. The molecule has 4 rings (SSSR count). The Morgan fingerprint density at radius 2 is 1.71 bits per heavy atom. The molecule has 1 aliphatic heterocycles. The van der Waals surface area contributed by atoms with Crippen molar-refractivity contribution in [2.24, 2.45) is 0 Å². The molecular formula is C22H19ClFNO3. The minimum absolute atomic E-state index is 0.0829. The lowest BCUT2D eigenvalue weighted by atomic mass is 10.2. The zero-order valence-corrected chi connectivity index (χ0v) is 15.8. The zero-order chi connectivity index (χ0) is 19.3. The fourth-order valence-corrected chi connectivity index (χ4v) is 3.19. The van der Waals surface area contributed by atoms with Crippen LogP contribution < -0.4 is 19.5 Å². The third-order valence-corrected chi connectivity index (χ3v) is 4.79. The topological polar surface area (TPSA) is 39.7 Å². The van der Waals surface area contributed by atoms with Crippen LogP contribution in [-0.2, 0) is 19.7 Å². The van der Waals surface area contributed by atoms with Crippen molar-refractivity contribution in [3.05, 3.63) is 88.2 Å². The highest BCUT2D eigenvalue weighted by Crippen LogP contribution is 2.32. The molecule has 0 spiro atoms. The highest BCUT2D eigenvalue weighted by molar-refractivity contribution is 6.31. The van der Waals surface area contributed by atoms with E-state index in [1.54, 1.807) is 12.1 Å². The SMILES string of the molecule is Fc1cccc(Cl)c1COc1cccc(CNCc2ccc3c(c2)OCO3)c1. The molecule has 3 aromatic rings. The molecule has 0 saturated carbocycles. The lowest BCUT2D eigenvalue weighted by Crippen LogP contribution is -2.12. The van der Waals surface area contributed by atoms with Crippen LogP contribution in [0, 0.1) is 5.82 Å². The van der Waals surface area contributed by atoms with Gasteiger partial charge in [-0.3, -0.25) is 0 Å². The molecule has 144 valence electrons. The Morgan fingerprint density at radius 1 is 0.929 bits per heavy atom. The molecule has 0 fully saturated rings. The van der Waals surface area contributed by atoms with E-state index in [9.17, 15) is 4.39 Å². The standard InChI is InChI=1S/C22H19ClFNO3/c23-19-5-2-6-20(24)18(19)13-26-17-4-1-3-15(9-17)11-25-12-16-7-8-21-22(10-16)28-14-27-21/h1-10,25H,11-14H2. The van der Waals surface area contributed by atoms with Crippen molar-refractivity contribution in [3.63, 3.8) is 0 Å². The van der Waals surface area contributed by atoms with Crippen LogP contribution in [0.3, 0.4) is 0 Å². The smallest absolute Gasteiger partial charge is 0.231 e. The van der Waals surface area contributed by atoms with Gasteiger partial charge >= 0.3 is 0 Å². The summed E-state index contributed by atoms with van der Waals surface area (Å²) in [6, 6.07) is 18.2. The summed E-state index contributed by atoms with van der Waals surface area (Å²) >= 11 is 6.04. The molecule has 0 amide bonds. The molecule has 0 bridgehead atoms. The quantitative estimate of drug-likeness (QED) is 0.601. The van der Waals surface area contributed by atoms with Crippen LogP contribution in [0.4, 0.5) is 4.39 Å². The van der Waals surface area contributed by atoms with Crippen molar-refractivity contribution >= 4 is 11.6 Å². The molecule has 0 aliphatic carbocycles. The maximum absolute atomic E-state index is 13.9. The molecule has 1 aliphatic rings. The van der Waals surface area contributed by atoms with Crippen LogP contribution in [0.5, 0.6) is 17.2 Å². The number of benzene rings is 3. The Bertz CT molecular complexity index is 959. The van der Waals surface area contributed by atoms with E-state index in [0.29, 0.717) is 29.4 Å². The van der Waals surface area contributed by atoms with Crippen molar-refractivity contribution < 1.29 is 18.6 Å². The summed E-state index contributed by atoms with van der Waals surface area (Å²) in [6.07, 6.45) is 0. The van der Waals surface area contributed by atoms with Gasteiger partial charge in [-0.15, -0.1) is 0 Å². The van der Waals surface area contributed by atoms with Gasteiger partial charge < -0.3 is 19.5 Å². The summed E-state index contributed by atoms with van der Waals surface area (Å²) in [6.45, 7) is 1.73. The summed E-state index contributed by atoms with van der Waals surface area (Å²) in [7, 11) is 0. The average molecular weight is 400 g/mol. The second-order valence-electron chi connectivity index (χ2n) is 6.43. The van der Waals surface area contributed by atoms with E-state index in [4.69, 9.17) is 25.8 Å². The van der Waals surface area contributed by atoms with Crippen LogP contribution in [0.1, 0.15) is 16.7 Å². The number of nitrogens with one attached hydrogen (secondary N) is 1. The Labute approximate surface area is 167 Å². The number of halogens is 2. The van der Waals surface area contributed by atoms with Gasteiger partial charge in [0.15, 0.2) is 11.5 Å². The summed E-state index contributed by atoms with van der Waals surface area (Å²) in [4.78, 5) is 0. The monoisotopic (exact) mass is 399 g/mol. The predicted molar refractivity (Wildman–Crippen MR) is 105 cm³/mol. The molecule has 6 heteroatoms. The molecule has 0 radical (unpaired) electrons. The molecule has 28 heavy (non-hydrogen) atoms. The first-order valence-electron chi connectivity index (χ1n) is 8.93. The van der Waals surface area contributed by atoms with Gasteiger partial charge in [-0.2, -0.15) is 0 Å². The van der Waals surface area contributed by atoms with Gasteiger partial charge in [-0.05, 0) is 47.5 Å². The largest absolute Gasteiger partial charge is 0.489 e. The van der Waals surface area contributed by atoms with Crippen molar-refractivity contribution in [2.75, 3.05) is 6.79 Å². The van der Waals surface area contributed by atoms with Crippen molar-refractivity contribution in [1.29, 1.82) is 0 Å². The molecule has 1 N–H and O–H groups in total. The summed E-state index contributed by atoms with van der Waals surface area (Å²) in [5.41, 5.74) is 2.54. The molecule has 0 unspecified atom stereocenters. The van der Waals surface area contributed by atoms with Crippen molar-refractivity contribution in [3.8, 4) is 17.2 Å². The van der Waals surface area contributed by atoms with Gasteiger partial charge in [-0.25, -0.2) is 4.39 Å². The Hall–Kier alpha value is -2.76. The van der Waals surface area contributed by atoms with Gasteiger partial charge in [0.1, 0.15) is 18.2 Å². The first-order chi connectivity index (χ1) is 13.7. The predicted octanol–water partition coefficient (Wildman–Crippen LogP) is 5.08. The maximum Gasteiger partial charge on any atom is 0.231 e. The second kappa shape index (κ2) is 8.50. The fourth-order valence-electron chi connectivity index (χ4n) is 2.97. The summed E-state index contributed by atoms with van der Waals surface area (Å²) < 4.78 is 30.3. The number of rotatable bonds is 7. The van der Waals surface area contributed by atoms with Gasteiger partial charge in [-0.1, -0.05) is 35.9 Å². The van der Waals surface area contributed by atoms with Crippen LogP contribution in [0.25, 0.3) is 0 Å². The molecule has 0 atom stereocenters. The maximum atomic E-state index is 13.9. The average Bonchev–Trinajstić information content (AvgIpc) is 3.16. The van der Waals surface area contributed by atoms with Gasteiger partial charge in [0.2, 0.25) is 6.79 Å². The van der Waals surface area contributed by atoms with E-state index >= 15 is 0 Å². The van der Waals surface area contributed by atoms with Crippen LogP contribution in [-0.4, -0.2) is 6.79 Å². The minimum atomic E-state index is -0.367. The van der Waals surface area contributed by atoms with Crippen LogP contribution >= 0.6 is 11.6 Å². The molecule has 1 heterocycles. The number of ether oxygens (including phenoxy) is 3. The van der Waals surface area contributed by atoms with E-state index in [1.165, 1.54) is 6.07 Å². The Balaban J connectivity index is 1.32. The Morgan fingerprint density at radius 3 is 2.57 bits per heavy atom. The second-order valence-corrected chi connectivity index (χ2v) is 6.83. The van der Waals surface area contributed by atoms with Gasteiger partial charge in [0, 0.05) is 18.7 Å². The van der Waals surface area contributed by atoms with Crippen molar-refractivity contribution in [2.45, 2.75) is 19.7 Å². The highest BCUT2D eigenvalue weighted by Gasteiger charge is 2.13. The van der Waals surface area contributed by atoms with Gasteiger partial charge in [0.25, 0.3) is 0 Å². The van der Waals surface area contributed by atoms with E-state index in [1.807, 2.05) is 42.5 Å². The van der Waals surface area contributed by atoms with Crippen LogP contribution in [0.15, 0.2) is 60.7 Å². The van der Waals surface area contributed by atoms with E-state index in [0.717, 1.165) is 22.6 Å². The van der Waals surface area contributed by atoms with E-state index in [-0.39, 0.29) is 19.2 Å². The summed E-state index contributed by atoms with van der Waals surface area (Å²) in [5.74, 6) is 1.86. The van der Waals surface area contributed by atoms with Crippen LogP contribution in [0.2, 0.25) is 5.02 Å². The Kier molecular flexibility index (Phi) is 5.65. The molecule has 0 aromatic heterocycles. The third kappa shape index (κ3) is 4.38. The normalized spacial score (nSPS) is 12.2. The minimum Gasteiger partial charge on any atom is -0.489 e. The first kappa shape index (κ1) is 18.6. The van der Waals surface area contributed by atoms with E-state index < -0.39 is 0 Å².